The molecule has 6 heteroatoms. The highest BCUT2D eigenvalue weighted by atomic mass is 79.9. The van der Waals surface area contributed by atoms with E-state index in [1.54, 1.807) is 11.0 Å². The van der Waals surface area contributed by atoms with Crippen LogP contribution in [-0.4, -0.2) is 25.0 Å². The van der Waals surface area contributed by atoms with Gasteiger partial charge in [-0.15, -0.1) is 0 Å². The highest BCUT2D eigenvalue weighted by Gasteiger charge is 2.32. The van der Waals surface area contributed by atoms with Crippen molar-refractivity contribution in [3.8, 4) is 11.5 Å². The van der Waals surface area contributed by atoms with Gasteiger partial charge in [0, 0.05) is 10.0 Å². The van der Waals surface area contributed by atoms with E-state index in [1.165, 1.54) is 0 Å². The fraction of sp³-hybridized carbons (Fsp3) is 0.185. The molecule has 0 aromatic heterocycles. The molecule has 0 saturated carbocycles. The van der Waals surface area contributed by atoms with Crippen LogP contribution in [0.4, 0.5) is 5.69 Å². The summed E-state index contributed by atoms with van der Waals surface area (Å²) in [4.78, 5) is 19.9. The van der Waals surface area contributed by atoms with E-state index < -0.39 is 0 Å². The van der Waals surface area contributed by atoms with Crippen molar-refractivity contribution in [1.29, 1.82) is 0 Å². The Kier molecular flexibility index (Phi) is 6.94. The first kappa shape index (κ1) is 22.8. The van der Waals surface area contributed by atoms with E-state index in [0.29, 0.717) is 36.2 Å². The van der Waals surface area contributed by atoms with Gasteiger partial charge in [-0.05, 0) is 68.8 Å². The number of anilines is 1. The molecule has 4 rings (SSSR count). The molecular formula is C27H25BrN2O3. The molecule has 168 valence electrons. The van der Waals surface area contributed by atoms with E-state index in [9.17, 15) is 4.79 Å². The Balaban J connectivity index is 1.77. The SMILES string of the molecule is CCOc1ccc(C=C2N=C(c3ccc(C)cc3)N(c3ccc(Br)cc3)C2=O)cc1OCC. The molecule has 0 unspecified atom stereocenters. The number of hydrogen-bond donors (Lipinski definition) is 0. The summed E-state index contributed by atoms with van der Waals surface area (Å²) in [6.07, 6.45) is 1.79. The van der Waals surface area contributed by atoms with Gasteiger partial charge in [0.1, 0.15) is 11.5 Å². The van der Waals surface area contributed by atoms with E-state index in [1.807, 2.05) is 87.5 Å². The standard InChI is InChI=1S/C27H25BrN2O3/c1-4-32-24-15-8-19(17-25(24)33-5-2)16-23-27(31)30(22-13-11-21(28)12-14-22)26(29-23)20-9-6-18(3)7-10-20/h6-17H,4-5H2,1-3H3. The van der Waals surface area contributed by atoms with Crippen LogP contribution in [0.15, 0.2) is 81.9 Å². The quantitative estimate of drug-likeness (QED) is 0.350. The van der Waals surface area contributed by atoms with Crippen molar-refractivity contribution in [3.05, 3.63) is 93.6 Å². The summed E-state index contributed by atoms with van der Waals surface area (Å²) >= 11 is 3.46. The molecule has 0 fully saturated rings. The number of ether oxygens (including phenoxy) is 2. The van der Waals surface area contributed by atoms with Gasteiger partial charge in [-0.1, -0.05) is 51.8 Å². The van der Waals surface area contributed by atoms with Crippen LogP contribution in [0.3, 0.4) is 0 Å². The zero-order valence-electron chi connectivity index (χ0n) is 18.8. The Morgan fingerprint density at radius 1 is 0.909 bits per heavy atom. The average Bonchev–Trinajstić information content (AvgIpc) is 3.13. The molecule has 1 amide bonds. The van der Waals surface area contributed by atoms with Crippen molar-refractivity contribution in [3.63, 3.8) is 0 Å². The molecule has 1 heterocycles. The van der Waals surface area contributed by atoms with Gasteiger partial charge in [-0.3, -0.25) is 9.69 Å². The minimum atomic E-state index is -0.181. The summed E-state index contributed by atoms with van der Waals surface area (Å²) in [5.41, 5.74) is 3.96. The van der Waals surface area contributed by atoms with Crippen LogP contribution in [0.1, 0.15) is 30.5 Å². The summed E-state index contributed by atoms with van der Waals surface area (Å²) in [7, 11) is 0. The first-order valence-electron chi connectivity index (χ1n) is 10.9. The third-order valence-corrected chi connectivity index (χ3v) is 5.65. The van der Waals surface area contributed by atoms with E-state index in [4.69, 9.17) is 14.5 Å². The lowest BCUT2D eigenvalue weighted by Crippen LogP contribution is -2.32. The smallest absolute Gasteiger partial charge is 0.282 e. The lowest BCUT2D eigenvalue weighted by atomic mass is 10.1. The van der Waals surface area contributed by atoms with Crippen LogP contribution < -0.4 is 14.4 Å². The number of amides is 1. The van der Waals surface area contributed by atoms with Gasteiger partial charge < -0.3 is 9.47 Å². The van der Waals surface area contributed by atoms with Crippen LogP contribution in [0.5, 0.6) is 11.5 Å². The number of halogens is 1. The fourth-order valence-corrected chi connectivity index (χ4v) is 3.82. The molecular weight excluding hydrogens is 480 g/mol. The normalized spacial score (nSPS) is 14.5. The Morgan fingerprint density at radius 3 is 2.24 bits per heavy atom. The van der Waals surface area contributed by atoms with Crippen molar-refractivity contribution in [1.82, 2.24) is 0 Å². The van der Waals surface area contributed by atoms with Gasteiger partial charge in [0.2, 0.25) is 0 Å². The highest BCUT2D eigenvalue weighted by Crippen LogP contribution is 2.32. The lowest BCUT2D eigenvalue weighted by Gasteiger charge is -2.18. The van der Waals surface area contributed by atoms with Gasteiger partial charge >= 0.3 is 0 Å². The summed E-state index contributed by atoms with van der Waals surface area (Å²) in [5, 5.41) is 0. The van der Waals surface area contributed by atoms with E-state index >= 15 is 0 Å². The van der Waals surface area contributed by atoms with Gasteiger partial charge in [0.15, 0.2) is 11.5 Å². The third-order valence-electron chi connectivity index (χ3n) is 5.13. The number of aryl methyl sites for hydroxylation is 1. The fourth-order valence-electron chi connectivity index (χ4n) is 3.56. The predicted octanol–water partition coefficient (Wildman–Crippen LogP) is 6.39. The molecule has 1 aliphatic rings. The average molecular weight is 505 g/mol. The van der Waals surface area contributed by atoms with Crippen LogP contribution in [-0.2, 0) is 4.79 Å². The number of carbonyl (C=O) groups excluding carboxylic acids is 1. The van der Waals surface area contributed by atoms with E-state index in [2.05, 4.69) is 15.9 Å². The Labute approximate surface area is 202 Å². The van der Waals surface area contributed by atoms with Gasteiger partial charge in [0.25, 0.3) is 5.91 Å². The molecule has 3 aromatic rings. The maximum absolute atomic E-state index is 13.5. The second-order valence-corrected chi connectivity index (χ2v) is 8.44. The zero-order valence-corrected chi connectivity index (χ0v) is 20.4. The highest BCUT2D eigenvalue weighted by molar-refractivity contribution is 9.10. The number of aliphatic imine (C=N–C) groups is 1. The first-order valence-corrected chi connectivity index (χ1v) is 11.7. The second-order valence-electron chi connectivity index (χ2n) is 7.52. The lowest BCUT2D eigenvalue weighted by molar-refractivity contribution is -0.113. The van der Waals surface area contributed by atoms with Crippen molar-refractivity contribution < 1.29 is 14.3 Å². The summed E-state index contributed by atoms with van der Waals surface area (Å²) < 4.78 is 12.3. The summed E-state index contributed by atoms with van der Waals surface area (Å²) in [6, 6.07) is 21.3. The van der Waals surface area contributed by atoms with Gasteiger partial charge in [-0.25, -0.2) is 4.99 Å². The Morgan fingerprint density at radius 2 is 1.58 bits per heavy atom. The van der Waals surface area contributed by atoms with Crippen molar-refractivity contribution in [2.75, 3.05) is 18.1 Å². The Hall–Kier alpha value is -3.38. The molecule has 0 spiro atoms. The zero-order chi connectivity index (χ0) is 23.4. The third kappa shape index (κ3) is 5.01. The van der Waals surface area contributed by atoms with Crippen LogP contribution in [0.2, 0.25) is 0 Å². The molecule has 1 aliphatic heterocycles. The molecule has 0 radical (unpaired) electrons. The topological polar surface area (TPSA) is 51.1 Å². The number of amidine groups is 1. The number of benzene rings is 3. The molecule has 5 nitrogen and oxygen atoms in total. The van der Waals surface area contributed by atoms with E-state index in [-0.39, 0.29) is 5.91 Å². The minimum absolute atomic E-state index is 0.181. The Bertz CT molecular complexity index is 1220. The van der Waals surface area contributed by atoms with Crippen molar-refractivity contribution in [2.45, 2.75) is 20.8 Å². The van der Waals surface area contributed by atoms with Gasteiger partial charge in [-0.2, -0.15) is 0 Å². The molecule has 0 aliphatic carbocycles. The van der Waals surface area contributed by atoms with Crippen molar-refractivity contribution in [2.24, 2.45) is 4.99 Å². The summed E-state index contributed by atoms with van der Waals surface area (Å²) in [6.45, 7) is 6.96. The number of carbonyl (C=O) groups is 1. The van der Waals surface area contributed by atoms with Gasteiger partial charge in [0.05, 0.1) is 18.9 Å². The molecule has 0 N–H and O–H groups in total. The maximum Gasteiger partial charge on any atom is 0.282 e. The number of nitrogens with zero attached hydrogens (tertiary/aromatic N) is 2. The van der Waals surface area contributed by atoms with Crippen LogP contribution in [0, 0.1) is 6.92 Å². The molecule has 3 aromatic carbocycles. The van der Waals surface area contributed by atoms with Crippen LogP contribution in [0.25, 0.3) is 6.08 Å². The monoisotopic (exact) mass is 504 g/mol. The molecule has 0 bridgehead atoms. The largest absolute Gasteiger partial charge is 0.490 e. The van der Waals surface area contributed by atoms with E-state index in [0.717, 1.165) is 26.9 Å². The minimum Gasteiger partial charge on any atom is -0.490 e. The van der Waals surface area contributed by atoms with Crippen molar-refractivity contribution >= 4 is 39.4 Å². The number of hydrogen-bond acceptors (Lipinski definition) is 4. The molecule has 0 atom stereocenters. The summed E-state index contributed by atoms with van der Waals surface area (Å²) in [5.74, 6) is 1.75. The molecule has 0 saturated heterocycles. The molecule has 33 heavy (non-hydrogen) atoms. The predicted molar refractivity (Wildman–Crippen MR) is 136 cm³/mol. The maximum atomic E-state index is 13.5. The second kappa shape index (κ2) is 10.0. The first-order chi connectivity index (χ1) is 16.0. The number of rotatable bonds is 7. The van der Waals surface area contributed by atoms with Crippen LogP contribution >= 0.6 is 15.9 Å².